The highest BCUT2D eigenvalue weighted by molar-refractivity contribution is 8.76. The van der Waals surface area contributed by atoms with Gasteiger partial charge < -0.3 is 0 Å². The van der Waals surface area contributed by atoms with Gasteiger partial charge >= 0.3 is 0 Å². The molecule has 7 heavy (non-hydrogen) atoms. The van der Waals surface area contributed by atoms with Crippen LogP contribution in [0.4, 0.5) is 0 Å². The maximum atomic E-state index is 3.78. The van der Waals surface area contributed by atoms with Crippen LogP contribution in [0.25, 0.3) is 0 Å². The average molecular weight is 133 g/mol. The van der Waals surface area contributed by atoms with Gasteiger partial charge in [0.2, 0.25) is 0 Å². The van der Waals surface area contributed by atoms with Gasteiger partial charge in [-0.3, -0.25) is 0 Å². The van der Waals surface area contributed by atoms with Gasteiger partial charge in [0, 0.05) is 0 Å². The highest BCUT2D eigenvalue weighted by Crippen LogP contribution is 2.15. The van der Waals surface area contributed by atoms with E-state index in [4.69, 9.17) is 0 Å². The van der Waals surface area contributed by atoms with E-state index in [9.17, 15) is 0 Å². The number of rotatable bonds is 2. The lowest BCUT2D eigenvalue weighted by Crippen LogP contribution is -1.42. The third kappa shape index (κ3) is 6.15. The third-order valence-corrected chi connectivity index (χ3v) is 1.29. The third-order valence-electron chi connectivity index (χ3n) is 0.294. The molecule has 0 amide bonds. The average Bonchev–Trinajstić information content (AvgIpc) is 1.69. The summed E-state index contributed by atoms with van der Waals surface area (Å²) in [5.74, 6) is 2.69. The van der Waals surface area contributed by atoms with Crippen LogP contribution in [0.1, 0.15) is 6.92 Å². The topological polar surface area (TPSA) is 12.4 Å². The van der Waals surface area contributed by atoms with Crippen molar-refractivity contribution in [3.05, 3.63) is 6.08 Å². The van der Waals surface area contributed by atoms with Crippen LogP contribution in [0.2, 0.25) is 0 Å². The Morgan fingerprint density at radius 2 is 2.43 bits per heavy atom. The molecule has 0 rings (SSSR count). The van der Waals surface area contributed by atoms with Crippen LogP contribution < -0.4 is 0 Å². The maximum Gasteiger partial charge on any atom is 0.0536 e. The van der Waals surface area contributed by atoms with Crippen molar-refractivity contribution in [2.24, 2.45) is 4.40 Å². The van der Waals surface area contributed by atoms with Gasteiger partial charge in [-0.1, -0.05) is 10.8 Å². The van der Waals surface area contributed by atoms with Crippen LogP contribution in [0, 0.1) is 0 Å². The molecular weight excluding hydrogens is 126 g/mol. The van der Waals surface area contributed by atoms with Gasteiger partial charge in [0.15, 0.2) is 0 Å². The predicted octanol–water partition coefficient (Wildman–Crippen LogP) is 2.16. The predicted molar refractivity (Wildman–Crippen MR) is 38.8 cm³/mol. The van der Waals surface area contributed by atoms with Crippen molar-refractivity contribution in [3.8, 4) is 0 Å². The quantitative estimate of drug-likeness (QED) is 0.325. The Labute approximate surface area is 51.8 Å². The Morgan fingerprint density at radius 3 is 2.86 bits per heavy atom. The van der Waals surface area contributed by atoms with E-state index in [1.165, 1.54) is 11.0 Å². The first-order valence-corrected chi connectivity index (χ1v) is 4.36. The minimum Gasteiger partial charge on any atom is -0.162 e. The second kappa shape index (κ2) is 6.15. The Kier molecular flexibility index (Phi) is 6.28. The Morgan fingerprint density at radius 1 is 1.71 bits per heavy atom. The lowest BCUT2D eigenvalue weighted by molar-refractivity contribution is 1.81. The largest absolute Gasteiger partial charge is 0.162 e. The molecule has 0 atom stereocenters. The summed E-state index contributed by atoms with van der Waals surface area (Å²) in [5.41, 5.74) is 0. The summed E-state index contributed by atoms with van der Waals surface area (Å²) in [4.78, 5) is 0. The molecule has 0 aliphatic rings. The van der Waals surface area contributed by atoms with E-state index in [0.29, 0.717) is 0 Å². The summed E-state index contributed by atoms with van der Waals surface area (Å²) in [6.07, 6.45) is 3.76. The van der Waals surface area contributed by atoms with E-state index >= 15 is 0 Å². The van der Waals surface area contributed by atoms with Gasteiger partial charge in [-0.25, -0.2) is 0 Å². The Balaban J connectivity index is 3.10. The zero-order valence-electron chi connectivity index (χ0n) is 4.34. The zero-order chi connectivity index (χ0) is 5.54. The molecule has 0 aromatic rings. The molecule has 0 aliphatic heterocycles. The molecule has 3 heteroatoms. The second-order valence-corrected chi connectivity index (χ2v) is 2.86. The molecule has 1 nitrogen and oxygen atoms in total. The van der Waals surface area contributed by atoms with E-state index in [-0.39, 0.29) is 0 Å². The van der Waals surface area contributed by atoms with Crippen LogP contribution in [0.5, 0.6) is 0 Å². The van der Waals surface area contributed by atoms with E-state index < -0.39 is 0 Å². The molecular formula is C4H7NS2. The molecule has 0 radical (unpaired) electrons. The molecule has 0 heterocycles. The lowest BCUT2D eigenvalue weighted by atomic mass is 10.8. The molecule has 40 valence electrons. The van der Waals surface area contributed by atoms with Crippen LogP contribution in [-0.2, 0) is 0 Å². The highest BCUT2D eigenvalue weighted by Gasteiger charge is 1.66. The van der Waals surface area contributed by atoms with Gasteiger partial charge in [-0.2, -0.15) is 4.40 Å². The van der Waals surface area contributed by atoms with Gasteiger partial charge in [0.05, 0.1) is 11.0 Å². The summed E-state index contributed by atoms with van der Waals surface area (Å²) in [7, 11) is 3.04. The molecule has 0 spiro atoms. The van der Waals surface area contributed by atoms with Crippen LogP contribution in [0.3, 0.4) is 0 Å². The minimum absolute atomic E-state index is 1.43. The molecule has 0 N–H and O–H groups in total. The summed E-state index contributed by atoms with van der Waals surface area (Å²) >= 11 is 0. The molecule has 0 saturated heterocycles. The van der Waals surface area contributed by atoms with Gasteiger partial charge in [0.25, 0.3) is 0 Å². The van der Waals surface area contributed by atoms with Crippen molar-refractivity contribution in [1.82, 2.24) is 0 Å². The molecule has 0 fully saturated rings. The molecule has 0 bridgehead atoms. The van der Waals surface area contributed by atoms with Crippen LogP contribution in [0.15, 0.2) is 10.5 Å². The number of hydrogen-bond donors (Lipinski definition) is 0. The molecule has 0 aliphatic carbocycles. The van der Waals surface area contributed by atoms with Crippen LogP contribution >= 0.6 is 21.8 Å². The van der Waals surface area contributed by atoms with Crippen molar-refractivity contribution in [2.75, 3.05) is 6.26 Å². The first-order valence-electron chi connectivity index (χ1n) is 1.85. The molecule has 0 aromatic carbocycles. The van der Waals surface area contributed by atoms with Gasteiger partial charge in [-0.05, 0) is 25.1 Å². The summed E-state index contributed by atoms with van der Waals surface area (Å²) in [5, 5.41) is 0. The smallest absolute Gasteiger partial charge is 0.0536 e. The number of hydrogen-bond acceptors (Lipinski definition) is 3. The van der Waals surface area contributed by atoms with Gasteiger partial charge in [0.1, 0.15) is 0 Å². The van der Waals surface area contributed by atoms with Crippen LogP contribution in [-0.4, -0.2) is 12.1 Å². The summed E-state index contributed by atoms with van der Waals surface area (Å²) in [6.45, 7) is 1.89. The molecule has 0 aromatic heterocycles. The van der Waals surface area contributed by atoms with Crippen molar-refractivity contribution in [3.63, 3.8) is 0 Å². The Bertz CT molecular complexity index is 83.7. The van der Waals surface area contributed by atoms with E-state index in [1.807, 2.05) is 13.2 Å². The fourth-order valence-electron chi connectivity index (χ4n) is 0.111. The van der Waals surface area contributed by atoms with E-state index in [1.54, 1.807) is 16.9 Å². The number of allylic oxidation sites excluding steroid dienone is 1. The first-order chi connectivity index (χ1) is 3.41. The lowest BCUT2D eigenvalue weighted by Gasteiger charge is -1.73. The molecule has 0 saturated carbocycles. The fourth-order valence-corrected chi connectivity index (χ4v) is 0.687. The first kappa shape index (κ1) is 7.15. The Hall–Kier alpha value is 0.150. The zero-order valence-corrected chi connectivity index (χ0v) is 5.97. The van der Waals surface area contributed by atoms with Crippen molar-refractivity contribution in [1.29, 1.82) is 0 Å². The fraction of sp³-hybridized carbons (Fsp3) is 0.500. The maximum absolute atomic E-state index is 3.78. The van der Waals surface area contributed by atoms with E-state index in [2.05, 4.69) is 10.3 Å². The standard InChI is InChI=1S/C4H7NS2/c1-3-4-5-7-6-2/h3H,1-2H3. The monoisotopic (exact) mass is 133 g/mol. The van der Waals surface area contributed by atoms with Crippen molar-refractivity contribution in [2.45, 2.75) is 6.92 Å². The normalized spacial score (nSPS) is 7.14. The summed E-state index contributed by atoms with van der Waals surface area (Å²) < 4.78 is 3.78. The summed E-state index contributed by atoms with van der Waals surface area (Å²) in [6, 6.07) is 0. The number of nitrogens with zero attached hydrogens (tertiary/aromatic N) is 1. The molecule has 0 unspecified atom stereocenters. The highest BCUT2D eigenvalue weighted by atomic mass is 33.1. The van der Waals surface area contributed by atoms with E-state index in [0.717, 1.165) is 0 Å². The second-order valence-electron chi connectivity index (χ2n) is 0.750. The van der Waals surface area contributed by atoms with Crippen molar-refractivity contribution < 1.29 is 0 Å². The van der Waals surface area contributed by atoms with Gasteiger partial charge in [-0.15, -0.1) is 0 Å². The SMILES string of the molecule is CC=C=NSSC. The minimum atomic E-state index is 1.43. The van der Waals surface area contributed by atoms with Crippen molar-refractivity contribution >= 4 is 27.6 Å².